The summed E-state index contributed by atoms with van der Waals surface area (Å²) in [6.07, 6.45) is 20.1. The van der Waals surface area contributed by atoms with Gasteiger partial charge in [-0.1, -0.05) is 70.4 Å². The number of carboxylic acids is 2. The number of aliphatic hydroxyl groups is 1. The Bertz CT molecular complexity index is 763. The van der Waals surface area contributed by atoms with Crippen molar-refractivity contribution in [3.05, 3.63) is 12.2 Å². The van der Waals surface area contributed by atoms with Crippen LogP contribution < -0.4 is 70.0 Å². The summed E-state index contributed by atoms with van der Waals surface area (Å²) in [6.45, 7) is 4.33. The van der Waals surface area contributed by atoms with Crippen molar-refractivity contribution in [3.8, 4) is 0 Å². The fourth-order valence-electron chi connectivity index (χ4n) is 3.19. The molecule has 11 nitrogen and oxygen atoms in total. The van der Waals surface area contributed by atoms with Crippen molar-refractivity contribution in [2.24, 2.45) is 0 Å². The first-order valence-electron chi connectivity index (χ1n) is 13.2. The zero-order valence-electron chi connectivity index (χ0n) is 26.4. The van der Waals surface area contributed by atoms with E-state index in [1.165, 1.54) is 70.6 Å². The molecule has 2 atom stereocenters. The zero-order chi connectivity index (χ0) is 28.5. The summed E-state index contributed by atoms with van der Waals surface area (Å²) in [4.78, 5) is 31.5. The van der Waals surface area contributed by atoms with E-state index in [4.69, 9.17) is 19.9 Å². The largest absolute Gasteiger partial charge is 1.00 e. The van der Waals surface area contributed by atoms with Crippen LogP contribution in [0.25, 0.3) is 0 Å². The predicted molar refractivity (Wildman–Crippen MR) is 145 cm³/mol. The van der Waals surface area contributed by atoms with Crippen LogP contribution in [-0.4, -0.2) is 64.0 Å². The van der Waals surface area contributed by atoms with Crippen LogP contribution >= 0.6 is 0 Å². The second-order valence-corrected chi connectivity index (χ2v) is 10.7. The monoisotopic (exact) mass is 600 g/mol. The quantitative estimate of drug-likeness (QED) is 0.0268. The number of unbranched alkanes of at least 4 members (excludes halogenated alkanes) is 11. The van der Waals surface area contributed by atoms with Gasteiger partial charge < -0.3 is 18.2 Å². The van der Waals surface area contributed by atoms with Crippen LogP contribution in [0, 0.1) is 0 Å². The molecule has 0 fully saturated rings. The van der Waals surface area contributed by atoms with Gasteiger partial charge in [0.25, 0.3) is 10.1 Å². The second kappa shape index (κ2) is 30.9. The molecule has 14 heteroatoms. The van der Waals surface area contributed by atoms with Gasteiger partial charge in [-0.25, -0.2) is 5.43 Å². The minimum atomic E-state index is -4.84. The molecule has 0 aromatic carbocycles. The third-order valence-electron chi connectivity index (χ3n) is 5.29. The number of aliphatic hydroxyl groups excluding tert-OH is 1. The minimum Gasteiger partial charge on any atom is -1.00 e. The molecule has 39 heavy (non-hydrogen) atoms. The SMILES string of the molecule is CCCCCCCC/C=C\CCCCCCCC(=O)NNCC(C)O.O=C(O)CC(C(=O)O)S(=O)(=O)O.[H-].[H-].[Na+].[Na+]. The van der Waals surface area contributed by atoms with E-state index in [2.05, 4.69) is 29.9 Å². The summed E-state index contributed by atoms with van der Waals surface area (Å²) in [5.41, 5.74) is 5.34. The van der Waals surface area contributed by atoms with Crippen LogP contribution in [0.4, 0.5) is 0 Å². The maximum Gasteiger partial charge on any atom is 1.00 e. The number of nitrogens with one attached hydrogen (secondary N) is 2. The third kappa shape index (κ3) is 36.0. The van der Waals surface area contributed by atoms with Gasteiger partial charge >= 0.3 is 71.1 Å². The Labute approximate surface area is 281 Å². The average Bonchev–Trinajstić information content (AvgIpc) is 2.79. The van der Waals surface area contributed by atoms with Crippen molar-refractivity contribution in [3.63, 3.8) is 0 Å². The van der Waals surface area contributed by atoms with Gasteiger partial charge in [0.15, 0.2) is 5.25 Å². The first-order chi connectivity index (χ1) is 17.4. The van der Waals surface area contributed by atoms with Crippen molar-refractivity contribution in [1.29, 1.82) is 0 Å². The van der Waals surface area contributed by atoms with Gasteiger partial charge in [-0.2, -0.15) is 8.42 Å². The molecule has 0 saturated heterocycles. The van der Waals surface area contributed by atoms with Crippen molar-refractivity contribution in [2.45, 2.75) is 122 Å². The topological polar surface area (TPSA) is 190 Å². The number of rotatable bonds is 22. The molecule has 2 unspecified atom stereocenters. The standard InChI is InChI=1S/C21H42N2O2.C4H6O7S.2Na.2H/c1-3-4-5-6-7-8-9-10-11-12-13-14-15-16-17-18-21(25)23-22-19-20(2)24;5-3(6)1-2(4(7)8)12(9,10)11;;;;/h10-11,20,22,24H,3-9,12-19H2,1-2H3,(H,23,25);2H,1H2,(H,5,6)(H,7,8)(H,9,10,11);;;;/q;;2*+1;2*-1/b11-10-;;;;;. The van der Waals surface area contributed by atoms with Crippen LogP contribution in [0.5, 0.6) is 0 Å². The Hall–Kier alpha value is -0.0200. The maximum atomic E-state index is 11.5. The average molecular weight is 601 g/mol. The number of hydrogen-bond acceptors (Lipinski definition) is 7. The van der Waals surface area contributed by atoms with E-state index in [1.807, 2.05) is 0 Å². The van der Waals surface area contributed by atoms with Crippen molar-refractivity contribution < 1.29 is 105 Å². The molecular formula is C25H50N2Na2O9S. The number of amides is 1. The van der Waals surface area contributed by atoms with Crippen molar-refractivity contribution in [2.75, 3.05) is 6.54 Å². The summed E-state index contributed by atoms with van der Waals surface area (Å²) in [6, 6.07) is 0. The summed E-state index contributed by atoms with van der Waals surface area (Å²) in [7, 11) is -4.84. The number of aliphatic carboxylic acids is 2. The number of carbonyl (C=O) groups excluding carboxylic acids is 1. The van der Waals surface area contributed by atoms with Gasteiger partial charge in [-0.15, -0.1) is 0 Å². The van der Waals surface area contributed by atoms with Crippen LogP contribution in [0.2, 0.25) is 0 Å². The van der Waals surface area contributed by atoms with E-state index >= 15 is 0 Å². The van der Waals surface area contributed by atoms with Gasteiger partial charge in [0.1, 0.15) is 0 Å². The van der Waals surface area contributed by atoms with Crippen LogP contribution in [0.15, 0.2) is 12.2 Å². The Kier molecular flexibility index (Phi) is 36.4. The second-order valence-electron chi connectivity index (χ2n) is 9.05. The minimum absolute atomic E-state index is 0. The third-order valence-corrected chi connectivity index (χ3v) is 6.37. The molecule has 0 aromatic rings. The fourth-order valence-corrected chi connectivity index (χ4v) is 3.80. The molecule has 6 N–H and O–H groups in total. The van der Waals surface area contributed by atoms with E-state index < -0.39 is 39.8 Å². The van der Waals surface area contributed by atoms with Gasteiger partial charge in [0.05, 0.1) is 12.5 Å². The smallest absolute Gasteiger partial charge is 1.00 e. The molecule has 0 aromatic heterocycles. The fraction of sp³-hybridized carbons (Fsp3) is 0.800. The molecule has 0 bridgehead atoms. The van der Waals surface area contributed by atoms with E-state index in [-0.39, 0.29) is 67.9 Å². The first-order valence-corrected chi connectivity index (χ1v) is 14.7. The molecule has 0 aliphatic rings. The Morgan fingerprint density at radius 1 is 0.846 bits per heavy atom. The molecule has 0 aliphatic heterocycles. The number of hydrazine groups is 1. The van der Waals surface area contributed by atoms with Gasteiger partial charge in [0, 0.05) is 13.0 Å². The molecule has 222 valence electrons. The molecule has 0 rings (SSSR count). The Morgan fingerprint density at radius 3 is 1.69 bits per heavy atom. The summed E-state index contributed by atoms with van der Waals surface area (Å²) in [5, 5.41) is 23.0. The van der Waals surface area contributed by atoms with E-state index in [0.29, 0.717) is 13.0 Å². The summed E-state index contributed by atoms with van der Waals surface area (Å²) in [5.74, 6) is -3.49. The van der Waals surface area contributed by atoms with Crippen LogP contribution in [0.3, 0.4) is 0 Å². The number of hydrogen-bond donors (Lipinski definition) is 6. The van der Waals surface area contributed by atoms with Crippen LogP contribution in [0.1, 0.15) is 113 Å². The number of allylic oxidation sites excluding steroid dienone is 2. The number of carbonyl (C=O) groups is 3. The molecule has 0 aliphatic carbocycles. The van der Waals surface area contributed by atoms with E-state index in [1.54, 1.807) is 6.92 Å². The zero-order valence-corrected chi connectivity index (χ0v) is 29.2. The Morgan fingerprint density at radius 2 is 1.31 bits per heavy atom. The molecule has 0 radical (unpaired) electrons. The molecule has 0 spiro atoms. The van der Waals surface area contributed by atoms with E-state index in [9.17, 15) is 22.8 Å². The first kappa shape index (κ1) is 46.0. The molecule has 1 amide bonds. The molecule has 0 heterocycles. The predicted octanol–water partition coefficient (Wildman–Crippen LogP) is -1.94. The van der Waals surface area contributed by atoms with Gasteiger partial charge in [-0.05, 0) is 39.0 Å². The Balaban J connectivity index is -0.000000164. The van der Waals surface area contributed by atoms with Gasteiger partial charge in [-0.3, -0.25) is 24.4 Å². The molecular weight excluding hydrogens is 550 g/mol. The van der Waals surface area contributed by atoms with Gasteiger partial charge in [0.2, 0.25) is 5.91 Å². The summed E-state index contributed by atoms with van der Waals surface area (Å²) >= 11 is 0. The van der Waals surface area contributed by atoms with Crippen LogP contribution in [-0.2, 0) is 24.5 Å². The summed E-state index contributed by atoms with van der Waals surface area (Å²) < 4.78 is 28.7. The van der Waals surface area contributed by atoms with E-state index in [0.717, 1.165) is 12.8 Å². The normalized spacial score (nSPS) is 12.3. The number of carboxylic acid groups (broad SMARTS) is 2. The van der Waals surface area contributed by atoms with Crippen molar-refractivity contribution in [1.82, 2.24) is 10.9 Å². The van der Waals surface area contributed by atoms with Crippen molar-refractivity contribution >= 4 is 28.0 Å². The molecule has 0 saturated carbocycles. The maximum absolute atomic E-state index is 11.5.